The number of carbonyl (C=O) groups excluding carboxylic acids is 2. The number of aromatic nitrogens is 1. The van der Waals surface area contributed by atoms with E-state index in [0.717, 1.165) is 30.4 Å². The van der Waals surface area contributed by atoms with Gasteiger partial charge in [0, 0.05) is 17.4 Å². The Hall–Kier alpha value is -3.18. The fraction of sp³-hybridized carbons (Fsp3) is 0.208. The van der Waals surface area contributed by atoms with Crippen molar-refractivity contribution in [2.75, 3.05) is 6.54 Å². The number of halogens is 1. The van der Waals surface area contributed by atoms with E-state index in [2.05, 4.69) is 4.98 Å². The molecule has 2 aromatic carbocycles. The fourth-order valence-electron chi connectivity index (χ4n) is 3.60. The molecule has 5 nitrogen and oxygen atoms in total. The van der Waals surface area contributed by atoms with Crippen molar-refractivity contribution >= 4 is 23.4 Å². The maximum Gasteiger partial charge on any atom is 0.256 e. The number of primary amides is 1. The SMILES string of the molecule is NC(=O)CN(C(=O)c1cccnc1)C1CCCc2ccc(Cl)cc21.c1ccccc1. The van der Waals surface area contributed by atoms with Gasteiger partial charge in [-0.05, 0) is 54.7 Å². The summed E-state index contributed by atoms with van der Waals surface area (Å²) >= 11 is 6.14. The Morgan fingerprint density at radius 2 is 1.77 bits per heavy atom. The van der Waals surface area contributed by atoms with E-state index in [1.54, 1.807) is 18.3 Å². The molecule has 30 heavy (non-hydrogen) atoms. The lowest BCUT2D eigenvalue weighted by Crippen LogP contribution is -2.42. The van der Waals surface area contributed by atoms with Gasteiger partial charge in [-0.2, -0.15) is 0 Å². The monoisotopic (exact) mass is 421 g/mol. The summed E-state index contributed by atoms with van der Waals surface area (Å²) in [4.78, 5) is 30.0. The summed E-state index contributed by atoms with van der Waals surface area (Å²) in [7, 11) is 0. The van der Waals surface area contributed by atoms with Crippen molar-refractivity contribution in [2.45, 2.75) is 25.3 Å². The number of carbonyl (C=O) groups is 2. The van der Waals surface area contributed by atoms with Gasteiger partial charge in [0.2, 0.25) is 5.91 Å². The topological polar surface area (TPSA) is 76.3 Å². The molecule has 154 valence electrons. The molecular weight excluding hydrogens is 398 g/mol. The number of nitrogens with two attached hydrogens (primary N) is 1. The molecule has 2 N–H and O–H groups in total. The van der Waals surface area contributed by atoms with Crippen LogP contribution in [0.4, 0.5) is 0 Å². The summed E-state index contributed by atoms with van der Waals surface area (Å²) in [6, 6.07) is 20.9. The lowest BCUT2D eigenvalue weighted by atomic mass is 9.86. The first-order valence-corrected chi connectivity index (χ1v) is 10.2. The number of hydrogen-bond acceptors (Lipinski definition) is 3. The third-order valence-corrected chi connectivity index (χ3v) is 5.16. The number of amides is 2. The molecule has 1 unspecified atom stereocenters. The van der Waals surface area contributed by atoms with Crippen molar-refractivity contribution in [3.8, 4) is 0 Å². The lowest BCUT2D eigenvalue weighted by molar-refractivity contribution is -0.119. The van der Waals surface area contributed by atoms with Crippen molar-refractivity contribution in [1.29, 1.82) is 0 Å². The van der Waals surface area contributed by atoms with Gasteiger partial charge in [0.15, 0.2) is 0 Å². The summed E-state index contributed by atoms with van der Waals surface area (Å²) in [6.07, 6.45) is 5.75. The van der Waals surface area contributed by atoms with Crippen LogP contribution in [0, 0.1) is 0 Å². The maximum absolute atomic E-state index is 12.9. The van der Waals surface area contributed by atoms with Crippen molar-refractivity contribution < 1.29 is 9.59 Å². The maximum atomic E-state index is 12.9. The normalized spacial score (nSPS) is 14.6. The number of pyridine rings is 1. The highest BCUT2D eigenvalue weighted by molar-refractivity contribution is 6.30. The van der Waals surface area contributed by atoms with Crippen LogP contribution in [0.2, 0.25) is 5.02 Å². The van der Waals surface area contributed by atoms with Gasteiger partial charge in [-0.1, -0.05) is 54.1 Å². The third-order valence-electron chi connectivity index (χ3n) is 4.93. The molecule has 0 saturated carbocycles. The molecule has 6 heteroatoms. The molecule has 4 rings (SSSR count). The predicted molar refractivity (Wildman–Crippen MR) is 118 cm³/mol. The zero-order chi connectivity index (χ0) is 21.3. The van der Waals surface area contributed by atoms with E-state index < -0.39 is 5.91 Å². The van der Waals surface area contributed by atoms with Crippen LogP contribution >= 0.6 is 11.6 Å². The predicted octanol–water partition coefficient (Wildman–Crippen LogP) is 4.43. The Kier molecular flexibility index (Phi) is 7.57. The van der Waals surface area contributed by atoms with Crippen LogP contribution in [0.25, 0.3) is 0 Å². The Bertz CT molecular complexity index is 954. The molecule has 0 spiro atoms. The average molecular weight is 422 g/mol. The van der Waals surface area contributed by atoms with Gasteiger partial charge in [0.25, 0.3) is 5.91 Å². The summed E-state index contributed by atoms with van der Waals surface area (Å²) in [6.45, 7) is -0.135. The van der Waals surface area contributed by atoms with E-state index in [1.807, 2.05) is 54.6 Å². The van der Waals surface area contributed by atoms with Crippen LogP contribution in [0.3, 0.4) is 0 Å². The Balaban J connectivity index is 0.000000367. The average Bonchev–Trinajstić information content (AvgIpc) is 2.79. The van der Waals surface area contributed by atoms with Gasteiger partial charge < -0.3 is 10.6 Å². The summed E-state index contributed by atoms with van der Waals surface area (Å²) in [5.41, 5.74) is 7.98. The van der Waals surface area contributed by atoms with Crippen LogP contribution in [0.1, 0.15) is 40.4 Å². The van der Waals surface area contributed by atoms with Crippen LogP contribution in [-0.4, -0.2) is 28.2 Å². The summed E-state index contributed by atoms with van der Waals surface area (Å²) in [5, 5.41) is 0.619. The van der Waals surface area contributed by atoms with E-state index in [4.69, 9.17) is 17.3 Å². The summed E-state index contributed by atoms with van der Waals surface area (Å²) in [5.74, 6) is -0.791. The third kappa shape index (κ3) is 5.67. The van der Waals surface area contributed by atoms with Crippen LogP contribution in [0.5, 0.6) is 0 Å². The van der Waals surface area contributed by atoms with Gasteiger partial charge in [0.1, 0.15) is 6.54 Å². The zero-order valence-electron chi connectivity index (χ0n) is 16.6. The van der Waals surface area contributed by atoms with Crippen molar-refractivity contribution in [3.05, 3.63) is 101 Å². The fourth-order valence-corrected chi connectivity index (χ4v) is 3.78. The van der Waals surface area contributed by atoms with Crippen molar-refractivity contribution in [1.82, 2.24) is 9.88 Å². The second-order valence-electron chi connectivity index (χ2n) is 7.05. The number of benzene rings is 2. The summed E-state index contributed by atoms with van der Waals surface area (Å²) < 4.78 is 0. The molecule has 1 aromatic heterocycles. The van der Waals surface area contributed by atoms with Crippen LogP contribution < -0.4 is 5.73 Å². The van der Waals surface area contributed by atoms with Gasteiger partial charge in [-0.15, -0.1) is 0 Å². The largest absolute Gasteiger partial charge is 0.368 e. The molecule has 2 amide bonds. The zero-order valence-corrected chi connectivity index (χ0v) is 17.3. The van der Waals surface area contributed by atoms with Gasteiger partial charge in [0.05, 0.1) is 11.6 Å². The molecule has 3 aromatic rings. The minimum Gasteiger partial charge on any atom is -0.368 e. The van der Waals surface area contributed by atoms with E-state index in [1.165, 1.54) is 11.1 Å². The smallest absolute Gasteiger partial charge is 0.256 e. The molecule has 1 aliphatic carbocycles. The molecule has 0 saturated heterocycles. The molecule has 0 bridgehead atoms. The number of rotatable bonds is 4. The molecule has 1 aliphatic rings. The second kappa shape index (κ2) is 10.6. The first-order chi connectivity index (χ1) is 14.6. The Morgan fingerprint density at radius 1 is 1.07 bits per heavy atom. The van der Waals surface area contributed by atoms with Gasteiger partial charge >= 0.3 is 0 Å². The first kappa shape index (κ1) is 21.5. The van der Waals surface area contributed by atoms with Crippen molar-refractivity contribution in [3.63, 3.8) is 0 Å². The van der Waals surface area contributed by atoms with E-state index in [0.29, 0.717) is 10.6 Å². The molecular formula is C24H24ClN3O2. The molecule has 1 atom stereocenters. The van der Waals surface area contributed by atoms with Crippen LogP contribution in [-0.2, 0) is 11.2 Å². The van der Waals surface area contributed by atoms with E-state index >= 15 is 0 Å². The highest BCUT2D eigenvalue weighted by Gasteiger charge is 2.31. The lowest BCUT2D eigenvalue weighted by Gasteiger charge is -2.35. The van der Waals surface area contributed by atoms with Gasteiger partial charge in [-0.25, -0.2) is 0 Å². The molecule has 0 aliphatic heterocycles. The minimum atomic E-state index is -0.540. The van der Waals surface area contributed by atoms with E-state index in [9.17, 15) is 9.59 Å². The highest BCUT2D eigenvalue weighted by Crippen LogP contribution is 2.36. The van der Waals surface area contributed by atoms with E-state index in [-0.39, 0.29) is 18.5 Å². The number of hydrogen-bond donors (Lipinski definition) is 1. The second-order valence-corrected chi connectivity index (χ2v) is 7.48. The quantitative estimate of drug-likeness (QED) is 0.677. The molecule has 0 radical (unpaired) electrons. The van der Waals surface area contributed by atoms with Gasteiger partial charge in [-0.3, -0.25) is 14.6 Å². The number of nitrogens with zero attached hydrogens (tertiary/aromatic N) is 2. The Morgan fingerprint density at radius 3 is 2.37 bits per heavy atom. The first-order valence-electron chi connectivity index (χ1n) is 9.84. The molecule has 0 fully saturated rings. The minimum absolute atomic E-state index is 0.135. The van der Waals surface area contributed by atoms with Crippen LogP contribution in [0.15, 0.2) is 79.1 Å². The Labute approximate surface area is 181 Å². The standard InChI is InChI=1S/C18H18ClN3O2.C6H6/c19-14-7-6-12-3-1-5-16(15(12)9-14)22(11-17(20)23)18(24)13-4-2-8-21-10-13;1-2-4-6-5-3-1/h2,4,6-10,16H,1,3,5,11H2,(H2,20,23);1-6H. The number of aryl methyl sites for hydroxylation is 1. The van der Waals surface area contributed by atoms with Crippen molar-refractivity contribution in [2.24, 2.45) is 5.73 Å². The molecule has 1 heterocycles. The number of fused-ring (bicyclic) bond motifs is 1. The highest BCUT2D eigenvalue weighted by atomic mass is 35.5.